The molecule has 3 rings (SSSR count). The fourth-order valence-corrected chi connectivity index (χ4v) is 2.59. The lowest BCUT2D eigenvalue weighted by Gasteiger charge is -2.00. The molecule has 1 N–H and O–H groups in total. The number of aromatic nitrogens is 2. The summed E-state index contributed by atoms with van der Waals surface area (Å²) in [6.07, 6.45) is 5.12. The highest BCUT2D eigenvalue weighted by Crippen LogP contribution is 2.25. The molecule has 2 heterocycles. The fraction of sp³-hybridized carbons (Fsp3) is 0.263. The molecule has 2 aromatic heterocycles. The number of aryl methyl sites for hydroxylation is 2. The summed E-state index contributed by atoms with van der Waals surface area (Å²) in [4.78, 5) is 15.6. The molecule has 128 valence electrons. The van der Waals surface area contributed by atoms with E-state index in [1.54, 1.807) is 10.6 Å². The smallest absolute Gasteiger partial charge is 0.358 e. The third-order valence-corrected chi connectivity index (χ3v) is 3.97. The molecule has 0 aliphatic carbocycles. The van der Waals surface area contributed by atoms with E-state index in [4.69, 9.17) is 0 Å². The van der Waals surface area contributed by atoms with E-state index in [2.05, 4.69) is 22.1 Å². The number of azo groups is 1. The van der Waals surface area contributed by atoms with E-state index in [1.165, 1.54) is 5.56 Å². The van der Waals surface area contributed by atoms with Crippen molar-refractivity contribution in [2.24, 2.45) is 10.2 Å². The Hall–Kier alpha value is -3.02. The molecule has 0 radical (unpaired) electrons. The van der Waals surface area contributed by atoms with Crippen molar-refractivity contribution >= 4 is 23.1 Å². The summed E-state index contributed by atoms with van der Waals surface area (Å²) >= 11 is 0. The molecule has 0 fully saturated rings. The first-order chi connectivity index (χ1) is 12.1. The number of unbranched alkanes of at least 4 members (excludes halogenated alkanes) is 1. The van der Waals surface area contributed by atoms with Crippen LogP contribution in [-0.2, 0) is 6.42 Å². The summed E-state index contributed by atoms with van der Waals surface area (Å²) in [5.74, 6) is -0.900. The number of benzene rings is 1. The van der Waals surface area contributed by atoms with Gasteiger partial charge in [0.05, 0.1) is 5.69 Å². The van der Waals surface area contributed by atoms with Gasteiger partial charge in [-0.05, 0) is 55.2 Å². The van der Waals surface area contributed by atoms with Gasteiger partial charge in [-0.3, -0.25) is 4.40 Å². The Morgan fingerprint density at radius 3 is 2.64 bits per heavy atom. The van der Waals surface area contributed by atoms with Crippen LogP contribution in [0.1, 0.15) is 41.4 Å². The molecule has 6 nitrogen and oxygen atoms in total. The number of imidazole rings is 1. The molecule has 0 aliphatic rings. The second-order valence-electron chi connectivity index (χ2n) is 5.99. The Morgan fingerprint density at radius 2 is 1.96 bits per heavy atom. The number of hydrogen-bond acceptors (Lipinski definition) is 4. The highest BCUT2D eigenvalue weighted by molar-refractivity contribution is 5.91. The minimum atomic E-state index is -1.12. The average Bonchev–Trinajstić information content (AvgIpc) is 2.97. The van der Waals surface area contributed by atoms with Gasteiger partial charge in [-0.1, -0.05) is 25.5 Å². The van der Waals surface area contributed by atoms with E-state index in [0.717, 1.165) is 24.8 Å². The van der Waals surface area contributed by atoms with E-state index < -0.39 is 5.97 Å². The highest BCUT2D eigenvalue weighted by Gasteiger charge is 2.18. The van der Waals surface area contributed by atoms with Crippen molar-refractivity contribution in [3.8, 4) is 0 Å². The number of carboxylic acid groups (broad SMARTS) is 1. The van der Waals surface area contributed by atoms with E-state index in [9.17, 15) is 9.90 Å². The summed E-state index contributed by atoms with van der Waals surface area (Å²) in [7, 11) is 0. The van der Waals surface area contributed by atoms with Gasteiger partial charge < -0.3 is 5.11 Å². The Balaban J connectivity index is 1.92. The second-order valence-corrected chi connectivity index (χ2v) is 5.99. The van der Waals surface area contributed by atoms with Gasteiger partial charge in [-0.15, -0.1) is 10.2 Å². The minimum absolute atomic E-state index is 0.103. The number of aromatic carboxylic acids is 1. The largest absolute Gasteiger partial charge is 0.476 e. The van der Waals surface area contributed by atoms with Gasteiger partial charge in [0.2, 0.25) is 0 Å². The van der Waals surface area contributed by atoms with Crippen molar-refractivity contribution in [2.45, 2.75) is 33.1 Å². The number of carbonyl (C=O) groups is 1. The molecule has 0 amide bonds. The zero-order chi connectivity index (χ0) is 17.8. The molecule has 1 aromatic carbocycles. The van der Waals surface area contributed by atoms with Crippen LogP contribution in [0.25, 0.3) is 5.65 Å². The normalized spacial score (nSPS) is 11.4. The van der Waals surface area contributed by atoms with Crippen LogP contribution in [0.3, 0.4) is 0 Å². The molecule has 0 saturated carbocycles. The summed E-state index contributed by atoms with van der Waals surface area (Å²) in [6.45, 7) is 4.09. The van der Waals surface area contributed by atoms with Gasteiger partial charge in [0, 0.05) is 6.20 Å². The van der Waals surface area contributed by atoms with Crippen molar-refractivity contribution in [1.29, 1.82) is 0 Å². The molecular formula is C19H20N4O2. The molecule has 0 bridgehead atoms. The van der Waals surface area contributed by atoms with Crippen LogP contribution in [0.4, 0.5) is 11.5 Å². The standard InChI is InChI=1S/C19H20N4O2/c1-3-4-5-14-6-8-15(9-7-14)21-22-18-17(19(24)25)20-16-12-13(2)10-11-23(16)18/h6-12H,3-5H2,1-2H3,(H,24,25). The maximum absolute atomic E-state index is 11.5. The Morgan fingerprint density at radius 1 is 1.20 bits per heavy atom. The SMILES string of the molecule is CCCCc1ccc(N=Nc2c(C(=O)O)nc3cc(C)ccn23)cc1. The van der Waals surface area contributed by atoms with E-state index in [1.807, 2.05) is 43.3 Å². The molecule has 0 aliphatic heterocycles. The first kappa shape index (κ1) is 16.8. The van der Waals surface area contributed by atoms with Crippen LogP contribution in [0, 0.1) is 6.92 Å². The molecular weight excluding hydrogens is 316 g/mol. The summed E-state index contributed by atoms with van der Waals surface area (Å²) in [5.41, 5.74) is 3.38. The number of rotatable bonds is 6. The van der Waals surface area contributed by atoms with Crippen molar-refractivity contribution in [2.75, 3.05) is 0 Å². The second kappa shape index (κ2) is 7.25. The summed E-state index contributed by atoms with van der Waals surface area (Å²) in [5, 5.41) is 17.7. The molecule has 3 aromatic rings. The number of pyridine rings is 1. The minimum Gasteiger partial charge on any atom is -0.476 e. The van der Waals surface area contributed by atoms with Gasteiger partial charge in [0.15, 0.2) is 11.5 Å². The molecule has 6 heteroatoms. The first-order valence-electron chi connectivity index (χ1n) is 8.31. The number of fused-ring (bicyclic) bond motifs is 1. The zero-order valence-electron chi connectivity index (χ0n) is 14.3. The Bertz CT molecular complexity index is 926. The monoisotopic (exact) mass is 336 g/mol. The third-order valence-electron chi connectivity index (χ3n) is 3.97. The van der Waals surface area contributed by atoms with Gasteiger partial charge >= 0.3 is 5.97 Å². The molecule has 0 atom stereocenters. The Kier molecular flexibility index (Phi) is 4.88. The fourth-order valence-electron chi connectivity index (χ4n) is 2.59. The topological polar surface area (TPSA) is 79.3 Å². The number of hydrogen-bond donors (Lipinski definition) is 1. The first-order valence-corrected chi connectivity index (χ1v) is 8.31. The van der Waals surface area contributed by atoms with Gasteiger partial charge in [0.1, 0.15) is 5.65 Å². The quantitative estimate of drug-likeness (QED) is 0.636. The van der Waals surface area contributed by atoms with E-state index in [-0.39, 0.29) is 11.5 Å². The van der Waals surface area contributed by atoms with Gasteiger partial charge in [-0.25, -0.2) is 9.78 Å². The molecule has 0 saturated heterocycles. The molecule has 0 unspecified atom stereocenters. The van der Waals surface area contributed by atoms with Crippen molar-refractivity contribution in [1.82, 2.24) is 9.38 Å². The average molecular weight is 336 g/mol. The number of nitrogens with zero attached hydrogens (tertiary/aromatic N) is 4. The summed E-state index contributed by atoms with van der Waals surface area (Å²) < 4.78 is 1.63. The lowest BCUT2D eigenvalue weighted by molar-refractivity contribution is 0.0692. The lowest BCUT2D eigenvalue weighted by atomic mass is 10.1. The number of carboxylic acids is 1. The third kappa shape index (κ3) is 3.74. The van der Waals surface area contributed by atoms with Crippen LogP contribution in [0.15, 0.2) is 52.8 Å². The van der Waals surface area contributed by atoms with Crippen LogP contribution in [-0.4, -0.2) is 20.5 Å². The predicted molar refractivity (Wildman–Crippen MR) is 96.1 cm³/mol. The van der Waals surface area contributed by atoms with Gasteiger partial charge in [-0.2, -0.15) is 0 Å². The van der Waals surface area contributed by atoms with Crippen molar-refractivity contribution in [3.05, 3.63) is 59.4 Å². The van der Waals surface area contributed by atoms with E-state index >= 15 is 0 Å². The van der Waals surface area contributed by atoms with Crippen LogP contribution >= 0.6 is 0 Å². The summed E-state index contributed by atoms with van der Waals surface area (Å²) in [6, 6.07) is 11.5. The maximum atomic E-state index is 11.5. The Labute approximate surface area is 145 Å². The zero-order valence-corrected chi connectivity index (χ0v) is 14.3. The lowest BCUT2D eigenvalue weighted by Crippen LogP contribution is -1.96. The highest BCUT2D eigenvalue weighted by atomic mass is 16.4. The molecule has 25 heavy (non-hydrogen) atoms. The van der Waals surface area contributed by atoms with E-state index in [0.29, 0.717) is 11.3 Å². The maximum Gasteiger partial charge on any atom is 0.358 e. The molecule has 0 spiro atoms. The van der Waals surface area contributed by atoms with Crippen LogP contribution in [0.5, 0.6) is 0 Å². The van der Waals surface area contributed by atoms with Crippen LogP contribution in [0.2, 0.25) is 0 Å². The van der Waals surface area contributed by atoms with Crippen molar-refractivity contribution < 1.29 is 9.90 Å². The van der Waals surface area contributed by atoms with Gasteiger partial charge in [0.25, 0.3) is 0 Å². The van der Waals surface area contributed by atoms with Crippen LogP contribution < -0.4 is 0 Å². The van der Waals surface area contributed by atoms with Crippen molar-refractivity contribution in [3.63, 3.8) is 0 Å². The predicted octanol–water partition coefficient (Wildman–Crippen LogP) is 5.10.